The van der Waals surface area contributed by atoms with Gasteiger partial charge in [-0.25, -0.2) is 0 Å². The number of rotatable bonds is 5. The van der Waals surface area contributed by atoms with Crippen LogP contribution in [0.5, 0.6) is 5.75 Å². The first-order valence-electron chi connectivity index (χ1n) is 11.0. The molecule has 2 aromatic carbocycles. The number of fused-ring (bicyclic) bond motifs is 1. The molecule has 12 heteroatoms. The number of nitrogens with zero attached hydrogens (tertiary/aromatic N) is 2. The Morgan fingerprint density at radius 2 is 1.81 bits per heavy atom. The normalized spacial score (nSPS) is 15.8. The van der Waals surface area contributed by atoms with E-state index in [0.717, 1.165) is 23.1 Å². The molecule has 2 amide bonds. The number of ether oxygens (including phenoxy) is 1. The summed E-state index contributed by atoms with van der Waals surface area (Å²) in [4.78, 5) is 46.2. The van der Waals surface area contributed by atoms with Gasteiger partial charge in [0.05, 0.1) is 11.1 Å². The molecule has 1 fully saturated rings. The van der Waals surface area contributed by atoms with Crippen LogP contribution in [0.2, 0.25) is 0 Å². The van der Waals surface area contributed by atoms with Crippen molar-refractivity contribution in [2.45, 2.75) is 30.6 Å². The van der Waals surface area contributed by atoms with Gasteiger partial charge < -0.3 is 19.9 Å². The first-order chi connectivity index (χ1) is 17.1. The summed E-state index contributed by atoms with van der Waals surface area (Å²) >= 11 is 1.39. The minimum absolute atomic E-state index is 0.0809. The molecule has 0 aromatic heterocycles. The van der Waals surface area contributed by atoms with Crippen LogP contribution in [0, 0.1) is 0 Å². The smallest absolute Gasteiger partial charge is 0.425 e. The highest BCUT2D eigenvalue weighted by atomic mass is 32.2. The Hall–Kier alpha value is -3.50. The maximum absolute atomic E-state index is 13.3. The number of thioether (sulfide) groups is 1. The molecule has 1 atom stereocenters. The Bertz CT molecular complexity index is 1160. The van der Waals surface area contributed by atoms with Crippen molar-refractivity contribution < 1.29 is 37.1 Å². The van der Waals surface area contributed by atoms with Gasteiger partial charge >= 0.3 is 12.3 Å². The van der Waals surface area contributed by atoms with Gasteiger partial charge in [-0.1, -0.05) is 12.1 Å². The molecule has 0 radical (unpaired) electrons. The summed E-state index contributed by atoms with van der Waals surface area (Å²) in [6, 6.07) is 10.4. The SMILES string of the molecule is CSc1ccc(O[C@@H](C)C(F)(F)F)c(C(=O)N2CCN(c3cccc4c3C(=O)NC4)CC2)c1.O=C=O. The van der Waals surface area contributed by atoms with Gasteiger partial charge in [-0.15, -0.1) is 11.8 Å². The maximum atomic E-state index is 13.3. The van der Waals surface area contributed by atoms with Gasteiger partial charge in [0.2, 0.25) is 0 Å². The largest absolute Gasteiger partial charge is 0.480 e. The van der Waals surface area contributed by atoms with Crippen molar-refractivity contribution >= 4 is 35.4 Å². The summed E-state index contributed by atoms with van der Waals surface area (Å²) in [5, 5.41) is 2.83. The Balaban J connectivity index is 0.00000115. The molecule has 36 heavy (non-hydrogen) atoms. The van der Waals surface area contributed by atoms with E-state index < -0.39 is 12.3 Å². The summed E-state index contributed by atoms with van der Waals surface area (Å²) in [6.07, 6.45) is -4.49. The van der Waals surface area contributed by atoms with Gasteiger partial charge in [-0.05, 0) is 43.0 Å². The molecule has 2 aromatic rings. The van der Waals surface area contributed by atoms with Crippen LogP contribution in [0.4, 0.5) is 18.9 Å². The Morgan fingerprint density at radius 1 is 1.14 bits per heavy atom. The molecule has 192 valence electrons. The number of benzene rings is 2. The van der Waals surface area contributed by atoms with E-state index in [1.807, 2.05) is 24.5 Å². The number of piperazine rings is 1. The molecule has 8 nitrogen and oxygen atoms in total. The zero-order chi connectivity index (χ0) is 26.5. The molecule has 2 aliphatic heterocycles. The molecule has 1 saturated heterocycles. The standard InChI is InChI=1S/C23H24F3N3O3S.CO2/c1-14(23(24,25)26)32-19-7-6-16(33-2)12-17(19)22(31)29-10-8-28(9-11-29)18-5-3-4-15-13-27-21(30)20(15)18;2-1-3/h3-7,12,14H,8-11,13H2,1-2H3,(H,27,30);/t14-;/m0./s1. The van der Waals surface area contributed by atoms with Crippen molar-refractivity contribution in [3.8, 4) is 5.75 Å². The lowest BCUT2D eigenvalue weighted by Crippen LogP contribution is -2.49. The topological polar surface area (TPSA) is 96.0 Å². The second-order valence-electron chi connectivity index (χ2n) is 8.02. The van der Waals surface area contributed by atoms with Gasteiger partial charge in [0.1, 0.15) is 5.75 Å². The molecule has 1 N–H and O–H groups in total. The van der Waals surface area contributed by atoms with Gasteiger partial charge in [0, 0.05) is 43.3 Å². The van der Waals surface area contributed by atoms with Crippen LogP contribution in [0.15, 0.2) is 41.3 Å². The van der Waals surface area contributed by atoms with E-state index in [1.54, 1.807) is 17.0 Å². The number of hydrogen-bond donors (Lipinski definition) is 1. The van der Waals surface area contributed by atoms with Gasteiger partial charge in [-0.2, -0.15) is 22.8 Å². The molecule has 0 spiro atoms. The lowest BCUT2D eigenvalue weighted by atomic mass is 10.1. The highest BCUT2D eigenvalue weighted by Crippen LogP contribution is 2.32. The fourth-order valence-electron chi connectivity index (χ4n) is 4.01. The quantitative estimate of drug-likeness (QED) is 0.601. The fourth-order valence-corrected chi connectivity index (χ4v) is 4.45. The first kappa shape index (κ1) is 27.1. The van der Waals surface area contributed by atoms with E-state index in [2.05, 4.69) is 10.2 Å². The lowest BCUT2D eigenvalue weighted by molar-refractivity contribution is -0.192. The average molecular weight is 524 g/mol. The summed E-state index contributed by atoms with van der Waals surface area (Å²) < 4.78 is 44.2. The average Bonchev–Trinajstić information content (AvgIpc) is 3.25. The highest BCUT2D eigenvalue weighted by Gasteiger charge is 2.39. The predicted octanol–water partition coefficient (Wildman–Crippen LogP) is 3.36. The zero-order valence-electron chi connectivity index (χ0n) is 19.6. The number of hydrogen-bond acceptors (Lipinski definition) is 7. The van der Waals surface area contributed by atoms with Crippen LogP contribution >= 0.6 is 11.8 Å². The van der Waals surface area contributed by atoms with Gasteiger partial charge in [-0.3, -0.25) is 9.59 Å². The van der Waals surface area contributed by atoms with Gasteiger partial charge in [0.15, 0.2) is 6.10 Å². The molecular weight excluding hydrogens is 499 g/mol. The van der Waals surface area contributed by atoms with Crippen molar-refractivity contribution in [1.82, 2.24) is 10.2 Å². The van der Waals surface area contributed by atoms with Crippen LogP contribution in [0.1, 0.15) is 33.2 Å². The third kappa shape index (κ3) is 6.00. The molecule has 0 saturated carbocycles. The number of alkyl halides is 3. The summed E-state index contributed by atoms with van der Waals surface area (Å²) in [6.45, 7) is 3.19. The molecule has 2 heterocycles. The van der Waals surface area contributed by atoms with Crippen molar-refractivity contribution in [3.63, 3.8) is 0 Å². The number of carbonyl (C=O) groups is 2. The molecule has 4 rings (SSSR count). The Labute approximate surface area is 209 Å². The molecule has 0 unspecified atom stereocenters. The highest BCUT2D eigenvalue weighted by molar-refractivity contribution is 7.98. The summed E-state index contributed by atoms with van der Waals surface area (Å²) in [5.74, 6) is -0.554. The minimum Gasteiger partial charge on any atom is -0.480 e. The number of carbonyl (C=O) groups excluding carboxylic acids is 4. The zero-order valence-corrected chi connectivity index (χ0v) is 20.4. The van der Waals surface area contributed by atoms with Crippen molar-refractivity contribution in [3.05, 3.63) is 53.1 Å². The van der Waals surface area contributed by atoms with Crippen LogP contribution in [-0.2, 0) is 16.1 Å². The monoisotopic (exact) mass is 523 g/mol. The number of nitrogens with one attached hydrogen (secondary N) is 1. The fraction of sp³-hybridized carbons (Fsp3) is 0.375. The second-order valence-corrected chi connectivity index (χ2v) is 8.90. The number of halogens is 3. The van der Waals surface area contributed by atoms with E-state index in [-0.39, 0.29) is 29.3 Å². The van der Waals surface area contributed by atoms with E-state index in [1.165, 1.54) is 17.8 Å². The summed E-state index contributed by atoms with van der Waals surface area (Å²) in [5.41, 5.74) is 2.57. The van der Waals surface area contributed by atoms with E-state index >= 15 is 0 Å². The van der Waals surface area contributed by atoms with Crippen LogP contribution in [-0.4, -0.2) is 67.6 Å². The molecule has 0 aliphatic carbocycles. The van der Waals surface area contributed by atoms with E-state index in [0.29, 0.717) is 38.3 Å². The van der Waals surface area contributed by atoms with E-state index in [4.69, 9.17) is 14.3 Å². The maximum Gasteiger partial charge on any atom is 0.425 e. The third-order valence-electron chi connectivity index (χ3n) is 5.88. The van der Waals surface area contributed by atoms with Crippen LogP contribution in [0.3, 0.4) is 0 Å². The number of amides is 2. The van der Waals surface area contributed by atoms with Gasteiger partial charge in [0.25, 0.3) is 11.8 Å². The molecule has 2 aliphatic rings. The predicted molar refractivity (Wildman–Crippen MR) is 125 cm³/mol. The number of anilines is 1. The van der Waals surface area contributed by atoms with Crippen LogP contribution < -0.4 is 15.0 Å². The van der Waals surface area contributed by atoms with Crippen LogP contribution in [0.25, 0.3) is 0 Å². The summed E-state index contributed by atoms with van der Waals surface area (Å²) in [7, 11) is 0. The van der Waals surface area contributed by atoms with Crippen molar-refractivity contribution in [2.75, 3.05) is 37.3 Å². The molecule has 0 bridgehead atoms. The third-order valence-corrected chi connectivity index (χ3v) is 6.61. The minimum atomic E-state index is -4.54. The van der Waals surface area contributed by atoms with Crippen molar-refractivity contribution in [2.24, 2.45) is 0 Å². The first-order valence-corrected chi connectivity index (χ1v) is 12.2. The van der Waals surface area contributed by atoms with E-state index in [9.17, 15) is 22.8 Å². The Morgan fingerprint density at radius 3 is 2.42 bits per heavy atom. The molecular formula is C24H24F3N3O5S. The van der Waals surface area contributed by atoms with Crippen molar-refractivity contribution in [1.29, 1.82) is 0 Å². The second kappa shape index (κ2) is 11.5. The Kier molecular flexibility index (Phi) is 8.65. The lowest BCUT2D eigenvalue weighted by Gasteiger charge is -2.37.